The average molecular weight is 625 g/mol. The summed E-state index contributed by atoms with van der Waals surface area (Å²) in [5, 5.41) is 7.58. The molecule has 2 aliphatic rings. The SMILES string of the molecule is C1=CC(c2ccc(-c3c4ccccc4c(-c4ccc(-c5ccccc5)c5ccccc45)c4ccccc34)cc2)C2Oc3ccccc3C2=C1. The summed E-state index contributed by atoms with van der Waals surface area (Å²) in [6.45, 7) is 0. The highest BCUT2D eigenvalue weighted by Gasteiger charge is 2.35. The van der Waals surface area contributed by atoms with E-state index in [-0.39, 0.29) is 12.0 Å². The summed E-state index contributed by atoms with van der Waals surface area (Å²) in [5.74, 6) is 1.13. The predicted molar refractivity (Wildman–Crippen MR) is 206 cm³/mol. The molecule has 0 amide bonds. The van der Waals surface area contributed by atoms with Gasteiger partial charge in [0.05, 0.1) is 0 Å². The number of hydrogen-bond acceptors (Lipinski definition) is 1. The van der Waals surface area contributed by atoms with E-state index in [1.54, 1.807) is 0 Å². The highest BCUT2D eigenvalue weighted by molar-refractivity contribution is 6.24. The van der Waals surface area contributed by atoms with Gasteiger partial charge in [-0.3, -0.25) is 0 Å². The molecule has 0 N–H and O–H groups in total. The number of hydrogen-bond donors (Lipinski definition) is 0. The van der Waals surface area contributed by atoms with E-state index in [4.69, 9.17) is 4.74 Å². The van der Waals surface area contributed by atoms with Crippen molar-refractivity contribution in [3.63, 3.8) is 0 Å². The van der Waals surface area contributed by atoms with Crippen molar-refractivity contribution in [2.75, 3.05) is 0 Å². The Morgan fingerprint density at radius 2 is 0.939 bits per heavy atom. The van der Waals surface area contributed by atoms with Crippen LogP contribution in [-0.2, 0) is 0 Å². The summed E-state index contributed by atoms with van der Waals surface area (Å²) in [4.78, 5) is 0. The van der Waals surface area contributed by atoms with E-state index in [2.05, 4.69) is 182 Å². The largest absolute Gasteiger partial charge is 0.484 e. The second kappa shape index (κ2) is 11.2. The van der Waals surface area contributed by atoms with Crippen molar-refractivity contribution in [1.29, 1.82) is 0 Å². The first kappa shape index (κ1) is 27.9. The van der Waals surface area contributed by atoms with Gasteiger partial charge in [-0.05, 0) is 77.3 Å². The van der Waals surface area contributed by atoms with Gasteiger partial charge in [-0.2, -0.15) is 0 Å². The topological polar surface area (TPSA) is 9.23 Å². The molecule has 1 heteroatoms. The van der Waals surface area contributed by atoms with Crippen molar-refractivity contribution in [3.05, 3.63) is 193 Å². The lowest BCUT2D eigenvalue weighted by Gasteiger charge is -2.25. The minimum Gasteiger partial charge on any atom is -0.484 e. The van der Waals surface area contributed by atoms with Crippen molar-refractivity contribution >= 4 is 37.9 Å². The smallest absolute Gasteiger partial charge is 0.135 e. The minimum absolute atomic E-state index is 0.00250. The molecule has 49 heavy (non-hydrogen) atoms. The lowest BCUT2D eigenvalue weighted by atomic mass is 9.82. The molecule has 8 aromatic carbocycles. The number of ether oxygens (including phenoxy) is 1. The number of para-hydroxylation sites is 1. The maximum absolute atomic E-state index is 6.51. The van der Waals surface area contributed by atoms with Crippen LogP contribution in [0.25, 0.3) is 71.3 Å². The Bertz CT molecular complexity index is 2570. The number of allylic oxidation sites excluding steroid dienone is 2. The van der Waals surface area contributed by atoms with Crippen LogP contribution in [0.2, 0.25) is 0 Å². The molecule has 2 unspecified atom stereocenters. The predicted octanol–water partition coefficient (Wildman–Crippen LogP) is 12.6. The van der Waals surface area contributed by atoms with Gasteiger partial charge < -0.3 is 4.74 Å². The van der Waals surface area contributed by atoms with E-state index in [1.807, 2.05) is 0 Å². The van der Waals surface area contributed by atoms with Gasteiger partial charge in [0.15, 0.2) is 0 Å². The maximum atomic E-state index is 6.51. The lowest BCUT2D eigenvalue weighted by Crippen LogP contribution is -2.22. The third kappa shape index (κ3) is 4.40. The van der Waals surface area contributed by atoms with E-state index in [0.717, 1.165) is 5.75 Å². The Kier molecular flexibility index (Phi) is 6.38. The summed E-state index contributed by atoms with van der Waals surface area (Å²) in [6, 6.07) is 59.7. The Morgan fingerprint density at radius 3 is 1.63 bits per heavy atom. The highest BCUT2D eigenvalue weighted by atomic mass is 16.5. The van der Waals surface area contributed by atoms with Crippen LogP contribution < -0.4 is 4.74 Å². The third-order valence-corrected chi connectivity index (χ3v) is 10.5. The molecule has 0 saturated heterocycles. The van der Waals surface area contributed by atoms with Crippen LogP contribution in [-0.4, -0.2) is 6.10 Å². The fraction of sp³-hybridized carbons (Fsp3) is 0.0417. The second-order valence-electron chi connectivity index (χ2n) is 13.1. The van der Waals surface area contributed by atoms with Crippen molar-refractivity contribution in [2.45, 2.75) is 12.0 Å². The maximum Gasteiger partial charge on any atom is 0.135 e. The molecule has 1 aliphatic heterocycles. The summed E-state index contributed by atoms with van der Waals surface area (Å²) in [5.41, 5.74) is 11.3. The summed E-state index contributed by atoms with van der Waals surface area (Å²) < 4.78 is 6.51. The molecular formula is C48H32O. The monoisotopic (exact) mass is 624 g/mol. The third-order valence-electron chi connectivity index (χ3n) is 10.5. The van der Waals surface area contributed by atoms with Crippen LogP contribution in [0.4, 0.5) is 0 Å². The standard InChI is InChI=1S/C48H32O/c1-2-13-31(14-3-1)34-29-30-43(37-16-5-4-15-36(34)37)47-41-20-8-6-18-39(41)46(40-19-7-9-21-42(40)47)33-27-25-32(26-28-33)35-22-12-23-44-38-17-10-11-24-45(38)49-48(35)44/h1-30,35,48H. The molecule has 0 saturated carbocycles. The highest BCUT2D eigenvalue weighted by Crippen LogP contribution is 2.48. The number of fused-ring (bicyclic) bond motifs is 6. The zero-order valence-corrected chi connectivity index (χ0v) is 26.9. The molecule has 0 radical (unpaired) electrons. The van der Waals surface area contributed by atoms with Gasteiger partial charge in [0, 0.05) is 17.1 Å². The molecule has 1 nitrogen and oxygen atoms in total. The van der Waals surface area contributed by atoms with Gasteiger partial charge in [-0.15, -0.1) is 0 Å². The van der Waals surface area contributed by atoms with Crippen LogP contribution >= 0.6 is 0 Å². The van der Waals surface area contributed by atoms with Gasteiger partial charge in [0.2, 0.25) is 0 Å². The van der Waals surface area contributed by atoms with Crippen molar-refractivity contribution in [2.24, 2.45) is 0 Å². The van der Waals surface area contributed by atoms with Crippen LogP contribution in [0.15, 0.2) is 182 Å². The Morgan fingerprint density at radius 1 is 0.388 bits per heavy atom. The molecule has 1 heterocycles. The van der Waals surface area contributed by atoms with Gasteiger partial charge in [-0.1, -0.05) is 176 Å². The van der Waals surface area contributed by atoms with Crippen LogP contribution in [0, 0.1) is 0 Å². The minimum atomic E-state index is -0.00250. The molecular weight excluding hydrogens is 593 g/mol. The summed E-state index contributed by atoms with van der Waals surface area (Å²) in [7, 11) is 0. The Balaban J connectivity index is 1.13. The van der Waals surface area contributed by atoms with Gasteiger partial charge >= 0.3 is 0 Å². The molecule has 0 bridgehead atoms. The number of benzene rings is 8. The van der Waals surface area contributed by atoms with E-state index in [0.29, 0.717) is 0 Å². The van der Waals surface area contributed by atoms with Gasteiger partial charge in [-0.25, -0.2) is 0 Å². The van der Waals surface area contributed by atoms with Crippen LogP contribution in [0.5, 0.6) is 5.75 Å². The summed E-state index contributed by atoms with van der Waals surface area (Å²) >= 11 is 0. The quantitative estimate of drug-likeness (QED) is 0.177. The second-order valence-corrected chi connectivity index (χ2v) is 13.1. The average Bonchev–Trinajstić information content (AvgIpc) is 3.56. The van der Waals surface area contributed by atoms with E-state index in [9.17, 15) is 0 Å². The molecule has 0 fully saturated rings. The van der Waals surface area contributed by atoms with E-state index < -0.39 is 0 Å². The first-order chi connectivity index (χ1) is 24.3. The Hall–Kier alpha value is -6.18. The molecule has 1 aliphatic carbocycles. The van der Waals surface area contributed by atoms with E-state index in [1.165, 1.54) is 82.4 Å². The summed E-state index contributed by atoms with van der Waals surface area (Å²) in [6.07, 6.45) is 6.67. The fourth-order valence-electron chi connectivity index (χ4n) is 8.27. The fourth-order valence-corrected chi connectivity index (χ4v) is 8.27. The van der Waals surface area contributed by atoms with E-state index >= 15 is 0 Å². The molecule has 8 aromatic rings. The van der Waals surface area contributed by atoms with Crippen molar-refractivity contribution < 1.29 is 4.74 Å². The molecule has 0 spiro atoms. The Labute approximate surface area is 286 Å². The lowest BCUT2D eigenvalue weighted by molar-refractivity contribution is 0.258. The van der Waals surface area contributed by atoms with Crippen LogP contribution in [0.1, 0.15) is 17.0 Å². The van der Waals surface area contributed by atoms with Crippen LogP contribution in [0.3, 0.4) is 0 Å². The normalized spacial score (nSPS) is 16.4. The zero-order chi connectivity index (χ0) is 32.3. The molecule has 10 rings (SSSR count). The molecule has 230 valence electrons. The first-order valence-corrected chi connectivity index (χ1v) is 17.1. The molecule has 2 atom stereocenters. The first-order valence-electron chi connectivity index (χ1n) is 17.1. The van der Waals surface area contributed by atoms with Gasteiger partial charge in [0.25, 0.3) is 0 Å². The zero-order valence-electron chi connectivity index (χ0n) is 26.9. The van der Waals surface area contributed by atoms with Crippen molar-refractivity contribution in [3.8, 4) is 39.1 Å². The molecule has 0 aromatic heterocycles. The van der Waals surface area contributed by atoms with Crippen molar-refractivity contribution in [1.82, 2.24) is 0 Å². The van der Waals surface area contributed by atoms with Gasteiger partial charge in [0.1, 0.15) is 11.9 Å². The number of rotatable bonds is 4.